The van der Waals surface area contributed by atoms with Crippen LogP contribution in [-0.4, -0.2) is 59.9 Å². The van der Waals surface area contributed by atoms with Crippen molar-refractivity contribution in [3.8, 4) is 10.8 Å². The Kier molecular flexibility index (Phi) is 4.87. The fraction of sp³-hybridized carbons (Fsp3) is 0.600. The largest absolute Gasteiger partial charge is 0.442 e. The molecule has 3 saturated carbocycles. The van der Waals surface area contributed by atoms with Crippen LogP contribution < -0.4 is 15.0 Å². The second kappa shape index (κ2) is 7.44. The number of piperidine rings is 1. The number of ether oxygens (including phenoxy) is 3. The number of nitrogens with zero attached hydrogens (tertiary/aromatic N) is 4. The predicted molar refractivity (Wildman–Crippen MR) is 111 cm³/mol. The highest BCUT2D eigenvalue weighted by Gasteiger charge is 2.72. The molecule has 2 aromatic heterocycles. The first kappa shape index (κ1) is 19.7. The molecular formula is C20H25N5O4S. The lowest BCUT2D eigenvalue weighted by molar-refractivity contribution is -0.260. The molecule has 2 aromatic rings. The van der Waals surface area contributed by atoms with Gasteiger partial charge >= 0.3 is 0 Å². The molecule has 0 spiro atoms. The second-order valence-electron chi connectivity index (χ2n) is 8.38. The summed E-state index contributed by atoms with van der Waals surface area (Å²) in [5.74, 6) is 1.25. The first-order valence-corrected chi connectivity index (χ1v) is 10.9. The number of anilines is 2. The highest BCUT2D eigenvalue weighted by Crippen LogP contribution is 2.69. The Morgan fingerprint density at radius 2 is 1.83 bits per heavy atom. The molecule has 3 aliphatic carbocycles. The van der Waals surface area contributed by atoms with Gasteiger partial charge in [0.25, 0.3) is 0 Å². The Labute approximate surface area is 178 Å². The minimum absolute atomic E-state index is 0.0206. The molecule has 0 aromatic carbocycles. The van der Waals surface area contributed by atoms with Crippen LogP contribution in [0.4, 0.5) is 11.1 Å². The van der Waals surface area contributed by atoms with Crippen molar-refractivity contribution in [1.82, 2.24) is 15.0 Å². The monoisotopic (exact) mass is 431 g/mol. The Hall–Kier alpha value is -2.30. The molecule has 1 N–H and O–H groups in total. The molecule has 6 rings (SSSR count). The molecule has 0 radical (unpaired) electrons. The number of rotatable bonds is 7. The van der Waals surface area contributed by atoms with Crippen LogP contribution in [0, 0.1) is 5.41 Å². The topological polar surface area (TPSA) is 98.7 Å². The first-order chi connectivity index (χ1) is 14.5. The van der Waals surface area contributed by atoms with Gasteiger partial charge in [0.2, 0.25) is 16.9 Å². The Morgan fingerprint density at radius 1 is 1.13 bits per heavy atom. The summed E-state index contributed by atoms with van der Waals surface area (Å²) in [7, 11) is 3.47. The molecule has 1 saturated heterocycles. The van der Waals surface area contributed by atoms with E-state index in [1.807, 2.05) is 0 Å². The van der Waals surface area contributed by atoms with Gasteiger partial charge in [-0.15, -0.1) is 0 Å². The highest BCUT2D eigenvalue weighted by atomic mass is 32.1. The smallest absolute Gasteiger partial charge is 0.232 e. The maximum absolute atomic E-state index is 12.5. The third-order valence-corrected chi connectivity index (χ3v) is 7.28. The number of hydrogen-bond acceptors (Lipinski definition) is 9. The van der Waals surface area contributed by atoms with Gasteiger partial charge in [0.15, 0.2) is 10.9 Å². The van der Waals surface area contributed by atoms with Crippen LogP contribution >= 0.6 is 11.3 Å². The molecule has 3 heterocycles. The fourth-order valence-electron chi connectivity index (χ4n) is 4.68. The molecule has 160 valence electrons. The molecule has 1 aliphatic heterocycles. The molecular weight excluding hydrogens is 406 g/mol. The SMILES string of the molecule is COC1CCN(c2ncc(Oc3cnc(NC(=O)C45CC(OC)(C4)C5)s3)cn2)CC1. The average molecular weight is 432 g/mol. The summed E-state index contributed by atoms with van der Waals surface area (Å²) in [4.78, 5) is 27.8. The molecule has 2 bridgehead atoms. The van der Waals surface area contributed by atoms with E-state index in [0.717, 1.165) is 45.2 Å². The van der Waals surface area contributed by atoms with Gasteiger partial charge in [0.1, 0.15) is 0 Å². The van der Waals surface area contributed by atoms with E-state index in [2.05, 4.69) is 25.2 Å². The first-order valence-electron chi connectivity index (χ1n) is 10.1. The quantitative estimate of drug-likeness (QED) is 0.715. The molecule has 9 nitrogen and oxygen atoms in total. The standard InChI is InChI=1S/C20H25N5O4S/c1-27-13-3-5-25(6-4-13)17-21-7-14(8-22-17)29-15-9-23-18(30-15)24-16(26)19-10-20(11-19,12-19)28-2/h7-9,13H,3-6,10-12H2,1-2H3,(H,23,24,26). The number of carbonyl (C=O) groups excluding carboxylic acids is 1. The summed E-state index contributed by atoms with van der Waals surface area (Å²) in [5.41, 5.74) is -0.329. The van der Waals surface area contributed by atoms with Crippen LogP contribution in [0.3, 0.4) is 0 Å². The van der Waals surface area contributed by atoms with Crippen molar-refractivity contribution < 1.29 is 19.0 Å². The number of amides is 1. The van der Waals surface area contributed by atoms with Crippen molar-refractivity contribution in [2.45, 2.75) is 43.8 Å². The molecule has 10 heteroatoms. The van der Waals surface area contributed by atoms with Crippen molar-refractivity contribution in [2.75, 3.05) is 37.5 Å². The Morgan fingerprint density at radius 3 is 2.47 bits per heavy atom. The second-order valence-corrected chi connectivity index (χ2v) is 9.37. The minimum Gasteiger partial charge on any atom is -0.442 e. The average Bonchev–Trinajstić information content (AvgIpc) is 3.14. The number of aromatic nitrogens is 3. The summed E-state index contributed by atoms with van der Waals surface area (Å²) >= 11 is 1.29. The van der Waals surface area contributed by atoms with Gasteiger partial charge < -0.3 is 24.4 Å². The fourth-order valence-corrected chi connectivity index (χ4v) is 5.36. The summed E-state index contributed by atoms with van der Waals surface area (Å²) < 4.78 is 16.7. The van der Waals surface area contributed by atoms with Crippen molar-refractivity contribution in [1.29, 1.82) is 0 Å². The van der Waals surface area contributed by atoms with Crippen molar-refractivity contribution in [2.24, 2.45) is 5.41 Å². The number of thiazole rings is 1. The maximum Gasteiger partial charge on any atom is 0.232 e. The van der Waals surface area contributed by atoms with Gasteiger partial charge in [-0.05, 0) is 32.1 Å². The lowest BCUT2D eigenvalue weighted by Gasteiger charge is -2.67. The summed E-state index contributed by atoms with van der Waals surface area (Å²) in [6, 6.07) is 0. The third kappa shape index (κ3) is 3.42. The molecule has 4 aliphatic rings. The minimum atomic E-state index is -0.274. The predicted octanol–water partition coefficient (Wildman–Crippen LogP) is 2.85. The van der Waals surface area contributed by atoms with Gasteiger partial charge in [0, 0.05) is 27.3 Å². The summed E-state index contributed by atoms with van der Waals surface area (Å²) in [5, 5.41) is 4.02. The summed E-state index contributed by atoms with van der Waals surface area (Å²) in [6.45, 7) is 1.76. The van der Waals surface area contributed by atoms with Crippen molar-refractivity contribution in [3.63, 3.8) is 0 Å². The summed E-state index contributed by atoms with van der Waals surface area (Å²) in [6.07, 6.45) is 9.58. The van der Waals surface area contributed by atoms with Gasteiger partial charge in [-0.25, -0.2) is 15.0 Å². The van der Waals surface area contributed by atoms with E-state index < -0.39 is 0 Å². The van der Waals surface area contributed by atoms with E-state index in [4.69, 9.17) is 14.2 Å². The molecule has 0 unspecified atom stereocenters. The van der Waals surface area contributed by atoms with Crippen LogP contribution in [-0.2, 0) is 14.3 Å². The zero-order valence-corrected chi connectivity index (χ0v) is 17.9. The molecule has 30 heavy (non-hydrogen) atoms. The van der Waals surface area contributed by atoms with Crippen LogP contribution in [0.2, 0.25) is 0 Å². The zero-order valence-electron chi connectivity index (χ0n) is 17.1. The van der Waals surface area contributed by atoms with Gasteiger partial charge in [-0.2, -0.15) is 0 Å². The number of methoxy groups -OCH3 is 2. The van der Waals surface area contributed by atoms with Crippen molar-refractivity contribution in [3.05, 3.63) is 18.6 Å². The van der Waals surface area contributed by atoms with Gasteiger partial charge in [-0.3, -0.25) is 4.79 Å². The van der Waals surface area contributed by atoms with E-state index in [0.29, 0.717) is 28.0 Å². The van der Waals surface area contributed by atoms with Gasteiger partial charge in [-0.1, -0.05) is 11.3 Å². The number of carbonyl (C=O) groups is 1. The van der Waals surface area contributed by atoms with E-state index in [-0.39, 0.29) is 16.9 Å². The van der Waals surface area contributed by atoms with E-state index >= 15 is 0 Å². The lowest BCUT2D eigenvalue weighted by Crippen LogP contribution is -2.72. The van der Waals surface area contributed by atoms with Crippen molar-refractivity contribution >= 4 is 28.3 Å². The van der Waals surface area contributed by atoms with Gasteiger partial charge in [0.05, 0.1) is 35.7 Å². The van der Waals surface area contributed by atoms with E-state index in [9.17, 15) is 4.79 Å². The third-order valence-electron chi connectivity index (χ3n) is 6.49. The number of hydrogen-bond donors (Lipinski definition) is 1. The lowest BCUT2D eigenvalue weighted by atomic mass is 9.41. The van der Waals surface area contributed by atoms with Crippen LogP contribution in [0.5, 0.6) is 10.8 Å². The number of nitrogens with one attached hydrogen (secondary N) is 1. The van der Waals surface area contributed by atoms with E-state index in [1.54, 1.807) is 32.8 Å². The zero-order chi connectivity index (χ0) is 20.8. The Bertz CT molecular complexity index is 906. The molecule has 0 atom stereocenters. The normalized spacial score (nSPS) is 27.9. The van der Waals surface area contributed by atoms with Crippen LogP contribution in [0.15, 0.2) is 18.6 Å². The maximum atomic E-state index is 12.5. The molecule has 4 fully saturated rings. The highest BCUT2D eigenvalue weighted by molar-refractivity contribution is 7.17. The Balaban J connectivity index is 1.14. The van der Waals surface area contributed by atoms with Crippen LogP contribution in [0.1, 0.15) is 32.1 Å². The van der Waals surface area contributed by atoms with E-state index in [1.165, 1.54) is 11.3 Å². The van der Waals surface area contributed by atoms with Crippen LogP contribution in [0.25, 0.3) is 0 Å². The molecule has 1 amide bonds.